The third-order valence-corrected chi connectivity index (χ3v) is 8.55. The Morgan fingerprint density at radius 2 is 1.41 bits per heavy atom. The van der Waals surface area contributed by atoms with Gasteiger partial charge in [0.1, 0.15) is 17.6 Å². The van der Waals surface area contributed by atoms with Crippen molar-refractivity contribution in [2.75, 3.05) is 19.5 Å². The molecule has 3 aromatic heterocycles. The lowest BCUT2D eigenvalue weighted by Crippen LogP contribution is -2.26. The number of ether oxygens (including phenoxy) is 3. The molecule has 5 aromatic rings. The van der Waals surface area contributed by atoms with Gasteiger partial charge in [0.2, 0.25) is 5.13 Å². The van der Waals surface area contributed by atoms with Gasteiger partial charge >= 0.3 is 10.8 Å². The minimum atomic E-state index is -0.915. The Balaban J connectivity index is 1.36. The number of benzene rings is 2. The summed E-state index contributed by atoms with van der Waals surface area (Å²) >= 11 is 12.7. The number of nitrogens with zero attached hydrogens (tertiary/aromatic N) is 4. The van der Waals surface area contributed by atoms with E-state index >= 15 is 8.78 Å². The van der Waals surface area contributed by atoms with Gasteiger partial charge in [-0.1, -0.05) is 23.2 Å². The standard InChI is InChI=1S/C33H27Cl2F2N5O6S/c1-15-10-18(26-24(46-4)8-6-22(34)28(26)36)20(12-38-15)30(43)40-32-41-42(33(45)49-32)14-17(3)48-31(44)21-13-39-16(2)11-19(21)27-25(47-5)9-7-23(35)29(27)37/h6-13,17H,14H2,1-5H3,(H,40,41,43). The van der Waals surface area contributed by atoms with Crippen LogP contribution in [0, 0.1) is 25.5 Å². The molecule has 0 saturated carbocycles. The molecule has 0 radical (unpaired) electrons. The highest BCUT2D eigenvalue weighted by Gasteiger charge is 2.26. The van der Waals surface area contributed by atoms with E-state index in [0.29, 0.717) is 22.7 Å². The highest BCUT2D eigenvalue weighted by molar-refractivity contribution is 7.13. The first-order valence-corrected chi connectivity index (χ1v) is 16.0. The van der Waals surface area contributed by atoms with Gasteiger partial charge in [-0.2, -0.15) is 0 Å². The zero-order valence-electron chi connectivity index (χ0n) is 26.6. The number of anilines is 1. The van der Waals surface area contributed by atoms with Crippen LogP contribution in [0.3, 0.4) is 0 Å². The lowest BCUT2D eigenvalue weighted by Gasteiger charge is -2.17. The van der Waals surface area contributed by atoms with Gasteiger partial charge in [0.25, 0.3) is 5.91 Å². The van der Waals surface area contributed by atoms with E-state index in [4.69, 9.17) is 37.4 Å². The fourth-order valence-electron chi connectivity index (χ4n) is 4.95. The van der Waals surface area contributed by atoms with Crippen molar-refractivity contribution in [2.24, 2.45) is 0 Å². The normalized spacial score (nSPS) is 11.6. The second-order valence-electron chi connectivity index (χ2n) is 10.6. The van der Waals surface area contributed by atoms with Crippen LogP contribution in [0.25, 0.3) is 22.3 Å². The highest BCUT2D eigenvalue weighted by Crippen LogP contribution is 2.39. The van der Waals surface area contributed by atoms with E-state index in [1.54, 1.807) is 13.8 Å². The van der Waals surface area contributed by atoms with Crippen LogP contribution < -0.4 is 19.7 Å². The summed E-state index contributed by atoms with van der Waals surface area (Å²) in [7, 11) is 2.71. The summed E-state index contributed by atoms with van der Waals surface area (Å²) in [4.78, 5) is 47.3. The van der Waals surface area contributed by atoms with Crippen LogP contribution in [0.2, 0.25) is 10.0 Å². The van der Waals surface area contributed by atoms with E-state index in [1.165, 1.54) is 69.9 Å². The van der Waals surface area contributed by atoms with Crippen molar-refractivity contribution in [3.05, 3.63) is 103 Å². The number of halogens is 4. The molecular weight excluding hydrogens is 703 g/mol. The second-order valence-corrected chi connectivity index (χ2v) is 12.4. The van der Waals surface area contributed by atoms with Gasteiger partial charge < -0.3 is 14.2 Å². The zero-order chi connectivity index (χ0) is 35.6. The maximum atomic E-state index is 15.2. The first kappa shape index (κ1) is 35.4. The SMILES string of the molecule is COc1ccc(Cl)c(F)c1-c1cc(C)ncc1C(=O)Nc1nn(CC(C)OC(=O)c2cnc(C)cc2-c2c(OC)ccc(Cl)c2F)c(=O)s1. The number of pyridine rings is 2. The fraction of sp³-hybridized carbons (Fsp3) is 0.212. The lowest BCUT2D eigenvalue weighted by molar-refractivity contribution is 0.0297. The summed E-state index contributed by atoms with van der Waals surface area (Å²) in [6, 6.07) is 8.63. The van der Waals surface area contributed by atoms with Crippen molar-refractivity contribution in [3.63, 3.8) is 0 Å². The van der Waals surface area contributed by atoms with Crippen LogP contribution in [0.15, 0.2) is 53.6 Å². The molecule has 0 aliphatic heterocycles. The third-order valence-electron chi connectivity index (χ3n) is 7.20. The summed E-state index contributed by atoms with van der Waals surface area (Å²) in [5.74, 6) is -2.87. The minimum absolute atomic E-state index is 0.0307. The number of aromatic nitrogens is 4. The summed E-state index contributed by atoms with van der Waals surface area (Å²) in [6.07, 6.45) is 1.60. The number of amides is 1. The maximum Gasteiger partial charge on any atom is 0.340 e. The average molecular weight is 731 g/mol. The quantitative estimate of drug-likeness (QED) is 0.149. The van der Waals surface area contributed by atoms with E-state index in [9.17, 15) is 14.4 Å². The van der Waals surface area contributed by atoms with Crippen LogP contribution in [-0.4, -0.2) is 51.9 Å². The molecule has 2 aromatic carbocycles. The molecule has 1 amide bonds. The molecule has 0 saturated heterocycles. The predicted octanol–water partition coefficient (Wildman–Crippen LogP) is 7.15. The average Bonchev–Trinajstić information content (AvgIpc) is 3.40. The Kier molecular flexibility index (Phi) is 10.6. The van der Waals surface area contributed by atoms with Crippen LogP contribution in [0.5, 0.6) is 11.5 Å². The number of carbonyl (C=O) groups excluding carboxylic acids is 2. The molecule has 0 bridgehead atoms. The Morgan fingerprint density at radius 3 is 1.94 bits per heavy atom. The van der Waals surface area contributed by atoms with E-state index in [1.807, 2.05) is 0 Å². The molecule has 5 rings (SSSR count). The van der Waals surface area contributed by atoms with Crippen molar-refractivity contribution in [2.45, 2.75) is 33.4 Å². The van der Waals surface area contributed by atoms with Crippen LogP contribution in [0.1, 0.15) is 39.0 Å². The Morgan fingerprint density at radius 1 is 0.898 bits per heavy atom. The number of methoxy groups -OCH3 is 2. The minimum Gasteiger partial charge on any atom is -0.496 e. The molecule has 1 atom stereocenters. The molecule has 16 heteroatoms. The van der Waals surface area contributed by atoms with Crippen molar-refractivity contribution in [1.82, 2.24) is 19.7 Å². The van der Waals surface area contributed by atoms with Gasteiger partial charge in [-0.15, -0.1) is 5.10 Å². The van der Waals surface area contributed by atoms with Gasteiger partial charge in [-0.05, 0) is 68.5 Å². The third kappa shape index (κ3) is 7.41. The van der Waals surface area contributed by atoms with E-state index < -0.39 is 34.5 Å². The number of aryl methyl sites for hydroxylation is 2. The highest BCUT2D eigenvalue weighted by atomic mass is 35.5. The monoisotopic (exact) mass is 729 g/mol. The van der Waals surface area contributed by atoms with Gasteiger partial charge in [-0.25, -0.2) is 18.3 Å². The molecule has 49 heavy (non-hydrogen) atoms. The number of hydrogen-bond donors (Lipinski definition) is 1. The van der Waals surface area contributed by atoms with Crippen LogP contribution >= 0.6 is 34.5 Å². The maximum absolute atomic E-state index is 15.2. The molecule has 3 heterocycles. The molecule has 0 aliphatic carbocycles. The summed E-state index contributed by atoms with van der Waals surface area (Å²) in [6.45, 7) is 4.68. The zero-order valence-corrected chi connectivity index (χ0v) is 28.9. The van der Waals surface area contributed by atoms with Crippen LogP contribution in [0.4, 0.5) is 13.9 Å². The summed E-state index contributed by atoms with van der Waals surface area (Å²) in [5, 5.41) is 6.30. The molecule has 0 aliphatic rings. The van der Waals surface area contributed by atoms with E-state index in [0.717, 1.165) is 4.68 Å². The summed E-state index contributed by atoms with van der Waals surface area (Å²) in [5.41, 5.74) is 1.13. The van der Waals surface area contributed by atoms with Crippen LogP contribution in [-0.2, 0) is 11.3 Å². The van der Waals surface area contributed by atoms with E-state index in [2.05, 4.69) is 20.4 Å². The molecule has 0 fully saturated rings. The number of hydrogen-bond acceptors (Lipinski definition) is 10. The molecule has 1 N–H and O–H groups in total. The number of esters is 1. The molecule has 0 spiro atoms. The van der Waals surface area contributed by atoms with Gasteiger partial charge in [-0.3, -0.25) is 24.9 Å². The molecule has 11 nitrogen and oxygen atoms in total. The Labute approximate surface area is 292 Å². The smallest absolute Gasteiger partial charge is 0.340 e. The van der Waals surface area contributed by atoms with Gasteiger partial charge in [0.15, 0.2) is 11.6 Å². The number of nitrogens with one attached hydrogen (secondary N) is 1. The molecular formula is C33H27Cl2F2N5O6S. The molecule has 1 unspecified atom stereocenters. The first-order chi connectivity index (χ1) is 23.3. The largest absolute Gasteiger partial charge is 0.496 e. The lowest BCUT2D eigenvalue weighted by atomic mass is 9.98. The van der Waals surface area contributed by atoms with Crippen molar-refractivity contribution >= 4 is 51.5 Å². The second kappa shape index (κ2) is 14.7. The Bertz CT molecular complexity index is 2160. The predicted molar refractivity (Wildman–Crippen MR) is 181 cm³/mol. The summed E-state index contributed by atoms with van der Waals surface area (Å²) < 4.78 is 47.7. The van der Waals surface area contributed by atoms with Gasteiger partial charge in [0.05, 0.1) is 53.1 Å². The number of rotatable bonds is 10. The number of carbonyl (C=O) groups is 2. The van der Waals surface area contributed by atoms with Crippen molar-refractivity contribution in [3.8, 4) is 33.8 Å². The van der Waals surface area contributed by atoms with E-state index in [-0.39, 0.29) is 66.6 Å². The first-order valence-electron chi connectivity index (χ1n) is 14.4. The van der Waals surface area contributed by atoms with Crippen molar-refractivity contribution in [1.29, 1.82) is 0 Å². The van der Waals surface area contributed by atoms with Gasteiger partial charge in [0, 0.05) is 34.9 Å². The Hall–Kier alpha value is -4.92. The molecule has 254 valence electrons. The fourth-order valence-corrected chi connectivity index (χ4v) is 5.93. The topological polar surface area (TPSA) is 135 Å². The van der Waals surface area contributed by atoms with Crippen molar-refractivity contribution < 1.29 is 32.6 Å².